The highest BCUT2D eigenvalue weighted by atomic mass is 16.5. The Morgan fingerprint density at radius 1 is 1.38 bits per heavy atom. The van der Waals surface area contributed by atoms with Crippen molar-refractivity contribution in [3.05, 3.63) is 35.9 Å². The number of nitrogens with one attached hydrogen (secondary N) is 2. The van der Waals surface area contributed by atoms with Crippen LogP contribution in [0, 0.1) is 5.92 Å². The Bertz CT molecular complexity index is 567. The monoisotopic (exact) mass is 289 g/mol. The molecule has 6 nitrogen and oxygen atoms in total. The van der Waals surface area contributed by atoms with Gasteiger partial charge in [-0.3, -0.25) is 5.10 Å². The van der Waals surface area contributed by atoms with E-state index in [1.54, 1.807) is 7.11 Å². The third-order valence-electron chi connectivity index (χ3n) is 3.33. The van der Waals surface area contributed by atoms with Crippen molar-refractivity contribution in [2.24, 2.45) is 11.7 Å². The van der Waals surface area contributed by atoms with Crippen LogP contribution < -0.4 is 15.8 Å². The average Bonchev–Trinajstić information content (AvgIpc) is 2.95. The van der Waals surface area contributed by atoms with Gasteiger partial charge in [0.15, 0.2) is 5.82 Å². The molecule has 0 aliphatic heterocycles. The number of hydrogen-bond acceptors (Lipinski definition) is 5. The summed E-state index contributed by atoms with van der Waals surface area (Å²) in [5.74, 6) is 2.69. The summed E-state index contributed by atoms with van der Waals surface area (Å²) in [7, 11) is 1.66. The maximum absolute atomic E-state index is 6.03. The maximum Gasteiger partial charge on any atom is 0.167 e. The Kier molecular flexibility index (Phi) is 5.16. The topological polar surface area (TPSA) is 88.8 Å². The number of nitrogens with zero attached hydrogens (tertiary/aromatic N) is 2. The van der Waals surface area contributed by atoms with E-state index in [0.717, 1.165) is 30.2 Å². The van der Waals surface area contributed by atoms with Crippen LogP contribution in [0.4, 0.5) is 5.69 Å². The summed E-state index contributed by atoms with van der Waals surface area (Å²) in [6, 6.07) is 7.71. The zero-order valence-corrected chi connectivity index (χ0v) is 12.8. The van der Waals surface area contributed by atoms with E-state index in [-0.39, 0.29) is 6.04 Å². The van der Waals surface area contributed by atoms with Crippen molar-refractivity contribution in [1.82, 2.24) is 15.2 Å². The average molecular weight is 289 g/mol. The summed E-state index contributed by atoms with van der Waals surface area (Å²) >= 11 is 0. The minimum Gasteiger partial charge on any atom is -0.497 e. The van der Waals surface area contributed by atoms with Crippen LogP contribution in [-0.4, -0.2) is 28.8 Å². The van der Waals surface area contributed by atoms with Gasteiger partial charge < -0.3 is 15.8 Å². The van der Waals surface area contributed by atoms with Crippen molar-refractivity contribution >= 4 is 5.69 Å². The van der Waals surface area contributed by atoms with Crippen molar-refractivity contribution < 1.29 is 4.74 Å². The van der Waals surface area contributed by atoms with Crippen LogP contribution in [-0.2, 0) is 6.42 Å². The molecule has 0 saturated heterocycles. The summed E-state index contributed by atoms with van der Waals surface area (Å²) in [5, 5.41) is 10.5. The normalized spacial score (nSPS) is 12.4. The highest BCUT2D eigenvalue weighted by molar-refractivity contribution is 5.48. The number of H-pyrrole nitrogens is 1. The molecule has 1 aromatic carbocycles. The molecule has 4 N–H and O–H groups in total. The molecule has 1 aromatic heterocycles. The van der Waals surface area contributed by atoms with Crippen LogP contribution >= 0.6 is 0 Å². The summed E-state index contributed by atoms with van der Waals surface area (Å²) in [4.78, 5) is 4.44. The molecule has 0 fully saturated rings. The summed E-state index contributed by atoms with van der Waals surface area (Å²) in [6.07, 6.45) is 0.759. The molecule has 114 valence electrons. The molecule has 0 saturated carbocycles. The van der Waals surface area contributed by atoms with Gasteiger partial charge in [0, 0.05) is 24.7 Å². The molecule has 0 unspecified atom stereocenters. The van der Waals surface area contributed by atoms with Gasteiger partial charge in [0.2, 0.25) is 0 Å². The molecule has 6 heteroatoms. The molecule has 0 bridgehead atoms. The second-order valence-corrected chi connectivity index (χ2v) is 5.32. The van der Waals surface area contributed by atoms with Gasteiger partial charge in [-0.1, -0.05) is 19.9 Å². The van der Waals surface area contributed by atoms with Crippen molar-refractivity contribution in [2.45, 2.75) is 26.3 Å². The molecule has 0 radical (unpaired) electrons. The largest absolute Gasteiger partial charge is 0.497 e. The second-order valence-electron chi connectivity index (χ2n) is 5.32. The van der Waals surface area contributed by atoms with E-state index in [4.69, 9.17) is 10.5 Å². The fourth-order valence-corrected chi connectivity index (χ4v) is 1.93. The number of benzene rings is 1. The fourth-order valence-electron chi connectivity index (χ4n) is 1.93. The molecule has 2 rings (SSSR count). The van der Waals surface area contributed by atoms with Crippen LogP contribution in [0.1, 0.15) is 31.5 Å². The van der Waals surface area contributed by atoms with Crippen LogP contribution in [0.2, 0.25) is 0 Å². The van der Waals surface area contributed by atoms with Gasteiger partial charge in [-0.2, -0.15) is 5.10 Å². The Labute approximate surface area is 125 Å². The lowest BCUT2D eigenvalue weighted by atomic mass is 10.1. The Hall–Kier alpha value is -2.08. The molecule has 0 spiro atoms. The summed E-state index contributed by atoms with van der Waals surface area (Å²) in [5.41, 5.74) is 7.05. The van der Waals surface area contributed by atoms with Crippen molar-refractivity contribution in [3.63, 3.8) is 0 Å². The zero-order chi connectivity index (χ0) is 15.2. The van der Waals surface area contributed by atoms with Gasteiger partial charge in [0.05, 0.1) is 13.2 Å². The zero-order valence-electron chi connectivity index (χ0n) is 12.8. The minimum absolute atomic E-state index is 0.124. The van der Waals surface area contributed by atoms with Gasteiger partial charge in [0.1, 0.15) is 11.6 Å². The van der Waals surface area contributed by atoms with E-state index in [1.807, 2.05) is 24.3 Å². The summed E-state index contributed by atoms with van der Waals surface area (Å²) < 4.78 is 5.19. The smallest absolute Gasteiger partial charge is 0.167 e. The van der Waals surface area contributed by atoms with Gasteiger partial charge in [-0.15, -0.1) is 0 Å². The third-order valence-corrected chi connectivity index (χ3v) is 3.33. The van der Waals surface area contributed by atoms with E-state index < -0.39 is 0 Å². The van der Waals surface area contributed by atoms with E-state index >= 15 is 0 Å². The summed E-state index contributed by atoms with van der Waals surface area (Å²) in [6.45, 7) is 4.88. The molecule has 0 aliphatic rings. The number of aromatic amines is 1. The van der Waals surface area contributed by atoms with Crippen LogP contribution in [0.3, 0.4) is 0 Å². The van der Waals surface area contributed by atoms with Crippen molar-refractivity contribution in [3.8, 4) is 5.75 Å². The van der Waals surface area contributed by atoms with Gasteiger partial charge in [-0.25, -0.2) is 4.98 Å². The lowest BCUT2D eigenvalue weighted by Gasteiger charge is -2.10. The standard InChI is InChI=1S/C15H23N5O/c1-10(2)14(16)15-18-13(19-20-15)7-8-17-11-5-4-6-12(9-11)21-3/h4-6,9-10,14,17H,7-8,16H2,1-3H3,(H,18,19,20)/t14-/m1/s1. The quantitative estimate of drug-likeness (QED) is 0.726. The van der Waals surface area contributed by atoms with E-state index in [9.17, 15) is 0 Å². The highest BCUT2D eigenvalue weighted by Gasteiger charge is 2.15. The number of methoxy groups -OCH3 is 1. The molecule has 0 aliphatic carbocycles. The van der Waals surface area contributed by atoms with Gasteiger partial charge in [0.25, 0.3) is 0 Å². The maximum atomic E-state index is 6.03. The first-order valence-electron chi connectivity index (χ1n) is 7.15. The number of hydrogen-bond donors (Lipinski definition) is 3. The number of rotatable bonds is 7. The third kappa shape index (κ3) is 4.19. The first-order chi connectivity index (χ1) is 10.1. The van der Waals surface area contributed by atoms with Crippen LogP contribution in [0.25, 0.3) is 0 Å². The molecule has 1 atom stereocenters. The van der Waals surface area contributed by atoms with Crippen LogP contribution in [0.15, 0.2) is 24.3 Å². The molecule has 2 aromatic rings. The first-order valence-corrected chi connectivity index (χ1v) is 7.15. The van der Waals surface area contributed by atoms with E-state index in [2.05, 4.69) is 34.3 Å². The first kappa shape index (κ1) is 15.3. The Balaban J connectivity index is 1.86. The van der Waals surface area contributed by atoms with Gasteiger partial charge >= 0.3 is 0 Å². The predicted octanol–water partition coefficient (Wildman–Crippen LogP) is 2.12. The molecular formula is C15H23N5O. The lowest BCUT2D eigenvalue weighted by Crippen LogP contribution is -2.18. The number of ether oxygens (including phenoxy) is 1. The molecule has 1 heterocycles. The van der Waals surface area contributed by atoms with Gasteiger partial charge in [-0.05, 0) is 18.1 Å². The number of anilines is 1. The highest BCUT2D eigenvalue weighted by Crippen LogP contribution is 2.17. The molecular weight excluding hydrogens is 266 g/mol. The molecule has 0 amide bonds. The number of nitrogens with two attached hydrogens (primary N) is 1. The second kappa shape index (κ2) is 7.08. The lowest BCUT2D eigenvalue weighted by molar-refractivity contribution is 0.415. The Morgan fingerprint density at radius 3 is 2.90 bits per heavy atom. The predicted molar refractivity (Wildman–Crippen MR) is 83.3 cm³/mol. The molecule has 21 heavy (non-hydrogen) atoms. The minimum atomic E-state index is -0.124. The van der Waals surface area contributed by atoms with Crippen molar-refractivity contribution in [1.29, 1.82) is 0 Å². The number of aromatic nitrogens is 3. The van der Waals surface area contributed by atoms with Crippen LogP contribution in [0.5, 0.6) is 5.75 Å². The van der Waals surface area contributed by atoms with E-state index in [1.165, 1.54) is 0 Å². The van der Waals surface area contributed by atoms with Crippen molar-refractivity contribution in [2.75, 3.05) is 19.0 Å². The fraction of sp³-hybridized carbons (Fsp3) is 0.467. The SMILES string of the molecule is COc1cccc(NCCc2nc([C@H](N)C(C)C)n[nH]2)c1. The Morgan fingerprint density at radius 2 is 2.19 bits per heavy atom. The van der Waals surface area contributed by atoms with E-state index in [0.29, 0.717) is 11.7 Å².